The van der Waals surface area contributed by atoms with Crippen LogP contribution >= 0.6 is 11.8 Å². The van der Waals surface area contributed by atoms with E-state index in [-0.39, 0.29) is 29.2 Å². The normalized spacial score (nSPS) is 11.9. The third kappa shape index (κ3) is 5.11. The SMILES string of the molecule is CSc1ccc(Nc2c(C(=O)NCC[C@H](C)O)cc(C)c(=O)n2C)c(F)c1. The zero-order chi connectivity index (χ0) is 20.1. The Morgan fingerprint density at radius 3 is 2.67 bits per heavy atom. The van der Waals surface area contributed by atoms with Crippen molar-refractivity contribution in [3.8, 4) is 0 Å². The fourth-order valence-electron chi connectivity index (χ4n) is 2.56. The molecule has 0 bridgehead atoms. The van der Waals surface area contributed by atoms with E-state index in [4.69, 9.17) is 0 Å². The molecule has 0 saturated carbocycles. The number of nitrogens with one attached hydrogen (secondary N) is 2. The molecule has 0 radical (unpaired) electrons. The van der Waals surface area contributed by atoms with E-state index >= 15 is 0 Å². The molecule has 0 spiro atoms. The molecule has 2 rings (SSSR count). The largest absolute Gasteiger partial charge is 0.393 e. The molecule has 0 unspecified atom stereocenters. The van der Waals surface area contributed by atoms with Crippen LogP contribution in [0.3, 0.4) is 0 Å². The molecule has 0 saturated heterocycles. The van der Waals surface area contributed by atoms with Gasteiger partial charge in [0.25, 0.3) is 11.5 Å². The lowest BCUT2D eigenvalue weighted by atomic mass is 10.1. The quantitative estimate of drug-likeness (QED) is 0.630. The molecule has 0 aliphatic rings. The van der Waals surface area contributed by atoms with Crippen molar-refractivity contribution in [1.29, 1.82) is 0 Å². The number of aryl methyl sites for hydroxylation is 1. The first-order chi connectivity index (χ1) is 12.7. The molecule has 27 heavy (non-hydrogen) atoms. The summed E-state index contributed by atoms with van der Waals surface area (Å²) >= 11 is 1.42. The summed E-state index contributed by atoms with van der Waals surface area (Å²) in [7, 11) is 1.53. The Bertz CT molecular complexity index is 896. The minimum atomic E-state index is -0.534. The highest BCUT2D eigenvalue weighted by Gasteiger charge is 2.18. The van der Waals surface area contributed by atoms with Crippen LogP contribution in [0, 0.1) is 12.7 Å². The van der Waals surface area contributed by atoms with Crippen molar-refractivity contribution in [3.05, 3.63) is 51.6 Å². The van der Waals surface area contributed by atoms with E-state index in [0.29, 0.717) is 12.0 Å². The van der Waals surface area contributed by atoms with E-state index in [1.807, 2.05) is 6.26 Å². The summed E-state index contributed by atoms with van der Waals surface area (Å²) in [5.74, 6) is -0.677. The molecule has 2 aromatic rings. The molecular formula is C19H24FN3O3S. The fourth-order valence-corrected chi connectivity index (χ4v) is 2.98. The Morgan fingerprint density at radius 1 is 1.37 bits per heavy atom. The molecule has 1 aromatic carbocycles. The summed E-state index contributed by atoms with van der Waals surface area (Å²) in [6.45, 7) is 3.54. The van der Waals surface area contributed by atoms with Crippen molar-refractivity contribution in [2.24, 2.45) is 7.05 Å². The smallest absolute Gasteiger partial charge is 0.254 e. The maximum absolute atomic E-state index is 14.4. The molecule has 8 heteroatoms. The maximum atomic E-state index is 14.4. The second kappa shape index (κ2) is 9.05. The molecule has 0 aliphatic carbocycles. The van der Waals surface area contributed by atoms with Crippen LogP contribution in [0.1, 0.15) is 29.3 Å². The summed E-state index contributed by atoms with van der Waals surface area (Å²) in [6, 6.07) is 6.20. The number of carbonyl (C=O) groups is 1. The summed E-state index contributed by atoms with van der Waals surface area (Å²) in [5, 5.41) is 14.9. The number of nitrogens with zero attached hydrogens (tertiary/aromatic N) is 1. The van der Waals surface area contributed by atoms with Gasteiger partial charge < -0.3 is 15.7 Å². The fraction of sp³-hybridized carbons (Fsp3) is 0.368. The topological polar surface area (TPSA) is 83.4 Å². The molecule has 0 aliphatic heterocycles. The van der Waals surface area contributed by atoms with Gasteiger partial charge in [-0.25, -0.2) is 4.39 Å². The Kier molecular flexibility index (Phi) is 7.04. The highest BCUT2D eigenvalue weighted by atomic mass is 32.2. The van der Waals surface area contributed by atoms with Gasteiger partial charge in [-0.15, -0.1) is 11.8 Å². The average Bonchev–Trinajstić information content (AvgIpc) is 2.62. The number of aromatic nitrogens is 1. The van der Waals surface area contributed by atoms with E-state index in [2.05, 4.69) is 10.6 Å². The lowest BCUT2D eigenvalue weighted by Gasteiger charge is -2.17. The Labute approximate surface area is 161 Å². The number of aliphatic hydroxyl groups is 1. The van der Waals surface area contributed by atoms with Crippen molar-refractivity contribution in [2.45, 2.75) is 31.3 Å². The monoisotopic (exact) mass is 393 g/mol. The number of pyridine rings is 1. The number of benzene rings is 1. The van der Waals surface area contributed by atoms with Crippen LogP contribution in [0.15, 0.2) is 34.0 Å². The number of hydrogen-bond donors (Lipinski definition) is 3. The van der Waals surface area contributed by atoms with Gasteiger partial charge in [0, 0.05) is 24.1 Å². The molecule has 1 heterocycles. The second-order valence-electron chi connectivity index (χ2n) is 6.32. The van der Waals surface area contributed by atoms with E-state index in [1.165, 1.54) is 35.5 Å². The number of thioether (sulfide) groups is 1. The Morgan fingerprint density at radius 2 is 2.07 bits per heavy atom. The van der Waals surface area contributed by atoms with Crippen LogP contribution in [0.5, 0.6) is 0 Å². The van der Waals surface area contributed by atoms with Crippen LogP contribution in [-0.4, -0.2) is 34.5 Å². The van der Waals surface area contributed by atoms with Gasteiger partial charge >= 0.3 is 0 Å². The number of amides is 1. The van der Waals surface area contributed by atoms with Crippen LogP contribution < -0.4 is 16.2 Å². The summed E-state index contributed by atoms with van der Waals surface area (Å²) in [6.07, 6.45) is 1.72. The maximum Gasteiger partial charge on any atom is 0.254 e. The third-order valence-corrected chi connectivity index (χ3v) is 4.84. The van der Waals surface area contributed by atoms with E-state index in [1.54, 1.807) is 26.0 Å². The summed E-state index contributed by atoms with van der Waals surface area (Å²) in [5.41, 5.74) is 0.527. The number of hydrogen-bond acceptors (Lipinski definition) is 5. The van der Waals surface area contributed by atoms with Crippen LogP contribution in [0.4, 0.5) is 15.9 Å². The predicted octanol–water partition coefficient (Wildman–Crippen LogP) is 2.80. The van der Waals surface area contributed by atoms with Gasteiger partial charge in [-0.2, -0.15) is 0 Å². The summed E-state index contributed by atoms with van der Waals surface area (Å²) in [4.78, 5) is 25.7. The van der Waals surface area contributed by atoms with Gasteiger partial charge in [0.2, 0.25) is 0 Å². The Balaban J connectivity index is 2.41. The third-order valence-electron chi connectivity index (χ3n) is 4.11. The first-order valence-corrected chi connectivity index (χ1v) is 9.74. The Hall–Kier alpha value is -2.32. The van der Waals surface area contributed by atoms with E-state index < -0.39 is 17.8 Å². The van der Waals surface area contributed by atoms with Crippen LogP contribution in [0.2, 0.25) is 0 Å². The van der Waals surface area contributed by atoms with Gasteiger partial charge in [0.15, 0.2) is 0 Å². The van der Waals surface area contributed by atoms with Crippen molar-refractivity contribution in [2.75, 3.05) is 18.1 Å². The van der Waals surface area contributed by atoms with Gasteiger partial charge in [0.1, 0.15) is 11.6 Å². The van der Waals surface area contributed by atoms with Gasteiger partial charge in [-0.05, 0) is 50.8 Å². The average molecular weight is 393 g/mol. The zero-order valence-electron chi connectivity index (χ0n) is 15.8. The first-order valence-electron chi connectivity index (χ1n) is 8.52. The molecular weight excluding hydrogens is 369 g/mol. The summed E-state index contributed by atoms with van der Waals surface area (Å²) < 4.78 is 15.7. The molecule has 1 atom stereocenters. The number of rotatable bonds is 7. The molecule has 3 N–H and O–H groups in total. The second-order valence-corrected chi connectivity index (χ2v) is 7.20. The predicted molar refractivity (Wildman–Crippen MR) is 107 cm³/mol. The van der Waals surface area contributed by atoms with Crippen molar-refractivity contribution < 1.29 is 14.3 Å². The highest BCUT2D eigenvalue weighted by Crippen LogP contribution is 2.26. The minimum Gasteiger partial charge on any atom is -0.393 e. The molecule has 146 valence electrons. The molecule has 0 fully saturated rings. The number of anilines is 2. The standard InChI is InChI=1S/C19H24FN3O3S/c1-11-9-14(18(25)21-8-7-12(2)24)17(23(3)19(11)26)22-16-6-5-13(27-4)10-15(16)20/h5-6,9-10,12,22,24H,7-8H2,1-4H3,(H,21,25)/t12-/m0/s1. The molecule has 6 nitrogen and oxygen atoms in total. The first kappa shape index (κ1) is 21.0. The van der Waals surface area contributed by atoms with E-state index in [9.17, 15) is 19.1 Å². The van der Waals surface area contributed by atoms with Gasteiger partial charge in [-0.3, -0.25) is 14.2 Å². The van der Waals surface area contributed by atoms with Crippen molar-refractivity contribution in [1.82, 2.24) is 9.88 Å². The zero-order valence-corrected chi connectivity index (χ0v) is 16.6. The van der Waals surface area contributed by atoms with Crippen molar-refractivity contribution in [3.63, 3.8) is 0 Å². The number of halogens is 1. The van der Waals surface area contributed by atoms with Crippen LogP contribution in [-0.2, 0) is 7.05 Å². The van der Waals surface area contributed by atoms with E-state index in [0.717, 1.165) is 4.90 Å². The van der Waals surface area contributed by atoms with Crippen LogP contribution in [0.25, 0.3) is 0 Å². The van der Waals surface area contributed by atoms with Gasteiger partial charge in [-0.1, -0.05) is 0 Å². The highest BCUT2D eigenvalue weighted by molar-refractivity contribution is 7.98. The molecule has 1 amide bonds. The number of aliphatic hydroxyl groups excluding tert-OH is 1. The van der Waals surface area contributed by atoms with Crippen molar-refractivity contribution >= 4 is 29.2 Å². The molecule has 1 aromatic heterocycles. The minimum absolute atomic E-state index is 0.171. The lowest BCUT2D eigenvalue weighted by molar-refractivity contribution is 0.0945. The lowest BCUT2D eigenvalue weighted by Crippen LogP contribution is -2.31. The number of carbonyl (C=O) groups excluding carboxylic acids is 1. The van der Waals surface area contributed by atoms with Gasteiger partial charge in [0.05, 0.1) is 17.4 Å².